The third kappa shape index (κ3) is 5.64. The molecule has 1 saturated heterocycles. The van der Waals surface area contributed by atoms with Crippen LogP contribution in [0.25, 0.3) is 28.0 Å². The minimum atomic E-state index is -4.99. The SMILES string of the molecule is C=CC(=O)N1CCN(c2nc(=O)n(-c3cnccc3S(=O)(=O)C3CCC3)c3nc(-c4c(F)cccc4C(F)(F)F)c(Cl)cc23)[C@@H](C)C1. The predicted molar refractivity (Wildman–Crippen MR) is 167 cm³/mol. The number of halogens is 5. The maximum Gasteiger partial charge on any atom is 0.417 e. The summed E-state index contributed by atoms with van der Waals surface area (Å²) >= 11 is 6.57. The van der Waals surface area contributed by atoms with Crippen molar-refractivity contribution in [3.05, 3.63) is 82.3 Å². The third-order valence-corrected chi connectivity index (χ3v) is 11.1. The first-order chi connectivity index (χ1) is 22.2. The number of hydrogen-bond donors (Lipinski definition) is 0. The summed E-state index contributed by atoms with van der Waals surface area (Å²) in [5, 5.41) is -0.989. The Bertz CT molecular complexity index is 2100. The van der Waals surface area contributed by atoms with E-state index in [1.54, 1.807) is 16.7 Å². The van der Waals surface area contributed by atoms with E-state index in [1.807, 2.05) is 0 Å². The van der Waals surface area contributed by atoms with Crippen LogP contribution in [-0.4, -0.2) is 69.7 Å². The first-order valence-electron chi connectivity index (χ1n) is 14.6. The fourth-order valence-electron chi connectivity index (χ4n) is 5.96. The number of anilines is 1. The zero-order valence-electron chi connectivity index (χ0n) is 24.8. The summed E-state index contributed by atoms with van der Waals surface area (Å²) < 4.78 is 85.7. The third-order valence-electron chi connectivity index (χ3n) is 8.54. The van der Waals surface area contributed by atoms with Crippen LogP contribution in [-0.2, 0) is 20.8 Å². The summed E-state index contributed by atoms with van der Waals surface area (Å²) in [7, 11) is -3.97. The second kappa shape index (κ2) is 12.0. The molecular formula is C31H27ClF4N6O4S. The molecule has 6 rings (SSSR count). The van der Waals surface area contributed by atoms with E-state index in [4.69, 9.17) is 11.6 Å². The van der Waals surface area contributed by atoms with Crippen molar-refractivity contribution in [1.29, 1.82) is 0 Å². The lowest BCUT2D eigenvalue weighted by atomic mass is 10.00. The highest BCUT2D eigenvalue weighted by molar-refractivity contribution is 7.92. The Labute approximate surface area is 271 Å². The molecule has 4 heterocycles. The average molecular weight is 691 g/mol. The van der Waals surface area contributed by atoms with Gasteiger partial charge in [0.05, 0.1) is 43.7 Å². The van der Waals surface area contributed by atoms with Crippen LogP contribution in [0, 0.1) is 5.82 Å². The molecule has 2 aliphatic rings. The first-order valence-corrected chi connectivity index (χ1v) is 16.5. The molecule has 4 aromatic rings. The Balaban J connectivity index is 1.66. The van der Waals surface area contributed by atoms with Gasteiger partial charge in [-0.15, -0.1) is 0 Å². The van der Waals surface area contributed by atoms with Gasteiger partial charge in [0.1, 0.15) is 11.6 Å². The van der Waals surface area contributed by atoms with Gasteiger partial charge in [0.25, 0.3) is 0 Å². The van der Waals surface area contributed by atoms with E-state index >= 15 is 4.39 Å². The maximum absolute atomic E-state index is 15.2. The maximum atomic E-state index is 15.2. The van der Waals surface area contributed by atoms with Gasteiger partial charge in [0, 0.05) is 37.4 Å². The van der Waals surface area contributed by atoms with E-state index < -0.39 is 55.6 Å². The molecule has 0 radical (unpaired) electrons. The molecule has 0 unspecified atom stereocenters. The van der Waals surface area contributed by atoms with E-state index in [1.165, 1.54) is 24.4 Å². The number of fused-ring (bicyclic) bond motifs is 1. The van der Waals surface area contributed by atoms with Gasteiger partial charge in [-0.1, -0.05) is 30.7 Å². The number of hydrogen-bond acceptors (Lipinski definition) is 8. The normalized spacial score (nSPS) is 17.5. The summed E-state index contributed by atoms with van der Waals surface area (Å²) in [4.78, 5) is 42.0. The van der Waals surface area contributed by atoms with Crippen LogP contribution in [0.15, 0.2) is 65.1 Å². The number of carbonyl (C=O) groups excluding carboxylic acids is 1. The van der Waals surface area contributed by atoms with Crippen LogP contribution in [0.1, 0.15) is 31.7 Å². The molecule has 0 N–H and O–H groups in total. The van der Waals surface area contributed by atoms with Crippen molar-refractivity contribution < 1.29 is 30.8 Å². The van der Waals surface area contributed by atoms with Crippen LogP contribution < -0.4 is 10.6 Å². The van der Waals surface area contributed by atoms with Gasteiger partial charge in [0.2, 0.25) is 5.91 Å². The van der Waals surface area contributed by atoms with Crippen molar-refractivity contribution >= 4 is 44.2 Å². The minimum absolute atomic E-state index is 0.0530. The number of rotatable bonds is 6. The molecular weight excluding hydrogens is 664 g/mol. The molecule has 0 spiro atoms. The minimum Gasteiger partial charge on any atom is -0.350 e. The van der Waals surface area contributed by atoms with Crippen molar-refractivity contribution in [2.24, 2.45) is 0 Å². The molecule has 16 heteroatoms. The number of aromatic nitrogens is 4. The zero-order chi connectivity index (χ0) is 33.8. The number of benzene rings is 1. The molecule has 47 heavy (non-hydrogen) atoms. The lowest BCUT2D eigenvalue weighted by Gasteiger charge is -2.40. The fraction of sp³-hybridized carbons (Fsp3) is 0.323. The largest absolute Gasteiger partial charge is 0.417 e. The predicted octanol–water partition coefficient (Wildman–Crippen LogP) is 5.20. The number of alkyl halides is 3. The van der Waals surface area contributed by atoms with Gasteiger partial charge in [-0.3, -0.25) is 9.78 Å². The molecule has 1 amide bonds. The molecule has 1 aromatic carbocycles. The Morgan fingerprint density at radius 1 is 1.15 bits per heavy atom. The number of piperazine rings is 1. The van der Waals surface area contributed by atoms with Gasteiger partial charge in [-0.05, 0) is 50.1 Å². The van der Waals surface area contributed by atoms with Gasteiger partial charge in [-0.25, -0.2) is 27.2 Å². The van der Waals surface area contributed by atoms with Gasteiger partial charge in [-0.2, -0.15) is 18.2 Å². The van der Waals surface area contributed by atoms with E-state index in [2.05, 4.69) is 21.5 Å². The molecule has 1 saturated carbocycles. The molecule has 0 bridgehead atoms. The van der Waals surface area contributed by atoms with Crippen molar-refractivity contribution in [2.75, 3.05) is 24.5 Å². The molecule has 1 aliphatic heterocycles. The monoisotopic (exact) mass is 690 g/mol. The Kier molecular flexibility index (Phi) is 8.32. The van der Waals surface area contributed by atoms with E-state index in [-0.39, 0.29) is 58.0 Å². The highest BCUT2D eigenvalue weighted by Crippen LogP contribution is 2.42. The number of amides is 1. The van der Waals surface area contributed by atoms with Crippen LogP contribution in [0.2, 0.25) is 5.02 Å². The van der Waals surface area contributed by atoms with Crippen molar-refractivity contribution in [2.45, 2.75) is 48.5 Å². The summed E-state index contributed by atoms with van der Waals surface area (Å²) in [6.07, 6.45) is 0.119. The summed E-state index contributed by atoms with van der Waals surface area (Å²) in [6.45, 7) is 5.96. The van der Waals surface area contributed by atoms with E-state index in [9.17, 15) is 31.2 Å². The molecule has 2 fully saturated rings. The standard InChI is InChI=1S/C31H27ClF4N6O4S/c1-3-25(43)40-12-13-41(17(2)16-40)28-19-14-21(32)27(26-20(31(34,35)36)8-5-9-22(26)33)38-29(19)42(30(44)39-28)23-15-37-11-10-24(23)47(45,46)18-6-4-7-18/h3,5,8-11,14-15,17-18H,1,4,6-7,12-13,16H2,2H3/t17-/m0/s1. The second-order valence-electron chi connectivity index (χ2n) is 11.4. The fourth-order valence-corrected chi connectivity index (χ4v) is 8.21. The first kappa shape index (κ1) is 32.6. The van der Waals surface area contributed by atoms with Crippen LogP contribution in [0.4, 0.5) is 23.4 Å². The number of carbonyl (C=O) groups is 1. The number of nitrogens with zero attached hydrogens (tertiary/aromatic N) is 6. The van der Waals surface area contributed by atoms with Crippen LogP contribution in [0.3, 0.4) is 0 Å². The molecule has 1 aliphatic carbocycles. The van der Waals surface area contributed by atoms with Gasteiger partial charge >= 0.3 is 11.9 Å². The average Bonchev–Trinajstić information content (AvgIpc) is 2.99. The highest BCUT2D eigenvalue weighted by Gasteiger charge is 2.38. The summed E-state index contributed by atoms with van der Waals surface area (Å²) in [5.74, 6) is -1.50. The molecule has 3 aromatic heterocycles. The zero-order valence-corrected chi connectivity index (χ0v) is 26.4. The van der Waals surface area contributed by atoms with Crippen molar-refractivity contribution in [1.82, 2.24) is 24.4 Å². The lowest BCUT2D eigenvalue weighted by molar-refractivity contribution is -0.137. The Hall–Kier alpha value is -4.37. The van der Waals surface area contributed by atoms with E-state index in [0.29, 0.717) is 25.3 Å². The number of sulfone groups is 1. The number of pyridine rings is 2. The highest BCUT2D eigenvalue weighted by atomic mass is 35.5. The quantitative estimate of drug-likeness (QED) is 0.200. The molecule has 10 nitrogen and oxygen atoms in total. The van der Waals surface area contributed by atoms with Crippen LogP contribution >= 0.6 is 11.6 Å². The summed E-state index contributed by atoms with van der Waals surface area (Å²) in [5.41, 5.74) is -4.44. The Morgan fingerprint density at radius 3 is 2.53 bits per heavy atom. The van der Waals surface area contributed by atoms with Crippen LogP contribution in [0.5, 0.6) is 0 Å². The Morgan fingerprint density at radius 2 is 1.89 bits per heavy atom. The van der Waals surface area contributed by atoms with Crippen molar-refractivity contribution in [3.8, 4) is 16.9 Å². The van der Waals surface area contributed by atoms with Gasteiger partial charge < -0.3 is 9.80 Å². The molecule has 1 atom stereocenters. The van der Waals surface area contributed by atoms with Crippen molar-refractivity contribution in [3.63, 3.8) is 0 Å². The second-order valence-corrected chi connectivity index (χ2v) is 14.0. The summed E-state index contributed by atoms with van der Waals surface area (Å²) in [6, 6.07) is 4.47. The smallest absolute Gasteiger partial charge is 0.350 e. The molecule has 246 valence electrons. The van der Waals surface area contributed by atoms with E-state index in [0.717, 1.165) is 22.9 Å². The lowest BCUT2D eigenvalue weighted by Crippen LogP contribution is -2.54. The topological polar surface area (TPSA) is 118 Å². The van der Waals surface area contributed by atoms with Gasteiger partial charge in [0.15, 0.2) is 15.5 Å².